The van der Waals surface area contributed by atoms with Crippen molar-refractivity contribution in [1.82, 2.24) is 14.9 Å². The number of rotatable bonds is 4. The molecule has 0 radical (unpaired) electrons. The van der Waals surface area contributed by atoms with Crippen LogP contribution in [0.15, 0.2) is 24.4 Å². The number of carbonyl (C=O) groups is 1. The molecule has 2 aromatic rings. The summed E-state index contributed by atoms with van der Waals surface area (Å²) < 4.78 is 0. The number of aryl methyl sites for hydroxylation is 1. The average Bonchev–Trinajstić information content (AvgIpc) is 2.99. The molecule has 5 heteroatoms. The molecule has 2 aromatic heterocycles. The van der Waals surface area contributed by atoms with E-state index < -0.39 is 0 Å². The Kier molecular flexibility index (Phi) is 5.06. The lowest BCUT2D eigenvalue weighted by Gasteiger charge is -2.33. The first-order valence-corrected chi connectivity index (χ1v) is 9.22. The van der Waals surface area contributed by atoms with Gasteiger partial charge in [0.25, 0.3) is 5.91 Å². The molecule has 0 saturated heterocycles. The van der Waals surface area contributed by atoms with Crippen molar-refractivity contribution >= 4 is 17.2 Å². The van der Waals surface area contributed by atoms with Crippen LogP contribution in [0.4, 0.5) is 0 Å². The van der Waals surface area contributed by atoms with E-state index >= 15 is 0 Å². The molecule has 1 amide bonds. The predicted octanol–water partition coefficient (Wildman–Crippen LogP) is 4.31. The molecule has 1 aliphatic carbocycles. The molecule has 0 N–H and O–H groups in total. The van der Waals surface area contributed by atoms with Crippen LogP contribution < -0.4 is 0 Å². The van der Waals surface area contributed by atoms with Crippen molar-refractivity contribution in [2.75, 3.05) is 6.54 Å². The van der Waals surface area contributed by atoms with Gasteiger partial charge in [-0.05, 0) is 38.8 Å². The lowest BCUT2D eigenvalue weighted by Crippen LogP contribution is -2.41. The number of nitrogens with zero attached hydrogens (tertiary/aromatic N) is 3. The van der Waals surface area contributed by atoms with Gasteiger partial charge in [0.15, 0.2) is 0 Å². The molecule has 0 aromatic carbocycles. The van der Waals surface area contributed by atoms with Crippen molar-refractivity contribution < 1.29 is 4.79 Å². The van der Waals surface area contributed by atoms with Gasteiger partial charge < -0.3 is 4.90 Å². The van der Waals surface area contributed by atoms with Crippen LogP contribution >= 0.6 is 11.3 Å². The maximum Gasteiger partial charge on any atom is 0.266 e. The smallest absolute Gasteiger partial charge is 0.266 e. The number of hydrogen-bond acceptors (Lipinski definition) is 4. The molecular weight excluding hydrogens is 306 g/mol. The summed E-state index contributed by atoms with van der Waals surface area (Å²) in [7, 11) is 0. The normalized spacial score (nSPS) is 15.6. The van der Waals surface area contributed by atoms with Crippen molar-refractivity contribution in [3.63, 3.8) is 0 Å². The van der Waals surface area contributed by atoms with Gasteiger partial charge in [-0.2, -0.15) is 0 Å². The number of thiazole rings is 1. The maximum atomic E-state index is 13.0. The van der Waals surface area contributed by atoms with E-state index in [0.717, 1.165) is 40.7 Å². The Morgan fingerprint density at radius 2 is 2.09 bits per heavy atom. The van der Waals surface area contributed by atoms with Gasteiger partial charge in [0.1, 0.15) is 9.88 Å². The van der Waals surface area contributed by atoms with Gasteiger partial charge in [0.2, 0.25) is 0 Å². The number of carbonyl (C=O) groups excluding carboxylic acids is 1. The van der Waals surface area contributed by atoms with E-state index in [1.54, 1.807) is 6.20 Å². The molecule has 0 spiro atoms. The Balaban J connectivity index is 1.85. The molecule has 122 valence electrons. The molecule has 2 heterocycles. The van der Waals surface area contributed by atoms with Crippen LogP contribution in [-0.2, 0) is 0 Å². The van der Waals surface area contributed by atoms with Crippen LogP contribution in [0.3, 0.4) is 0 Å². The van der Waals surface area contributed by atoms with Gasteiger partial charge in [-0.15, -0.1) is 11.3 Å². The quantitative estimate of drug-likeness (QED) is 0.840. The van der Waals surface area contributed by atoms with Crippen molar-refractivity contribution in [3.8, 4) is 10.7 Å². The largest absolute Gasteiger partial charge is 0.335 e. The molecule has 1 saturated carbocycles. The van der Waals surface area contributed by atoms with Gasteiger partial charge in [0.05, 0.1) is 11.4 Å². The molecule has 23 heavy (non-hydrogen) atoms. The summed E-state index contributed by atoms with van der Waals surface area (Å²) >= 11 is 1.46. The fourth-order valence-electron chi connectivity index (χ4n) is 3.28. The minimum Gasteiger partial charge on any atom is -0.335 e. The summed E-state index contributed by atoms with van der Waals surface area (Å²) in [6.45, 7) is 4.76. The lowest BCUT2D eigenvalue weighted by molar-refractivity contribution is 0.0652. The van der Waals surface area contributed by atoms with Crippen molar-refractivity contribution in [2.24, 2.45) is 0 Å². The monoisotopic (exact) mass is 329 g/mol. The highest BCUT2D eigenvalue weighted by atomic mass is 32.1. The first-order valence-electron chi connectivity index (χ1n) is 8.40. The molecule has 0 unspecified atom stereocenters. The van der Waals surface area contributed by atoms with E-state index in [2.05, 4.69) is 16.9 Å². The van der Waals surface area contributed by atoms with Gasteiger partial charge in [-0.1, -0.05) is 25.3 Å². The third-order valence-electron chi connectivity index (χ3n) is 4.49. The highest BCUT2D eigenvalue weighted by Crippen LogP contribution is 2.30. The van der Waals surface area contributed by atoms with Gasteiger partial charge in [0, 0.05) is 18.8 Å². The molecule has 1 fully saturated rings. The van der Waals surface area contributed by atoms with Gasteiger partial charge in [-0.3, -0.25) is 9.78 Å². The standard InChI is InChI=1S/C18H23N3OS/c1-3-21(14-9-5-4-6-10-14)18(22)16-13(2)20-17(23-16)15-11-7-8-12-19-15/h7-8,11-12,14H,3-6,9-10H2,1-2H3. The zero-order valence-electron chi connectivity index (χ0n) is 13.8. The molecule has 4 nitrogen and oxygen atoms in total. The Bertz CT molecular complexity index is 662. The summed E-state index contributed by atoms with van der Waals surface area (Å²) in [6, 6.07) is 6.16. The van der Waals surface area contributed by atoms with E-state index in [1.807, 2.05) is 30.0 Å². The zero-order chi connectivity index (χ0) is 16.2. The predicted molar refractivity (Wildman–Crippen MR) is 93.7 cm³/mol. The van der Waals surface area contributed by atoms with E-state index in [9.17, 15) is 4.79 Å². The molecule has 1 aliphatic rings. The molecular formula is C18H23N3OS. The number of hydrogen-bond donors (Lipinski definition) is 0. The van der Waals surface area contributed by atoms with Crippen molar-refractivity contribution in [1.29, 1.82) is 0 Å². The fourth-order valence-corrected chi connectivity index (χ4v) is 4.28. The summed E-state index contributed by atoms with van der Waals surface area (Å²) in [5, 5.41) is 0.825. The second kappa shape index (κ2) is 7.21. The summed E-state index contributed by atoms with van der Waals surface area (Å²) in [5.41, 5.74) is 1.65. The Labute approximate surface area is 141 Å². The first-order chi connectivity index (χ1) is 11.2. The Hall–Kier alpha value is -1.75. The van der Waals surface area contributed by atoms with E-state index in [0.29, 0.717) is 6.04 Å². The highest BCUT2D eigenvalue weighted by molar-refractivity contribution is 7.17. The molecule has 3 rings (SSSR count). The number of amides is 1. The Morgan fingerprint density at radius 1 is 1.30 bits per heavy atom. The van der Waals surface area contributed by atoms with Crippen molar-refractivity contribution in [3.05, 3.63) is 35.0 Å². The lowest BCUT2D eigenvalue weighted by atomic mass is 9.94. The first kappa shape index (κ1) is 16.1. The SMILES string of the molecule is CCN(C(=O)c1sc(-c2ccccn2)nc1C)C1CCCCC1. The molecule has 0 bridgehead atoms. The summed E-state index contributed by atoms with van der Waals surface area (Å²) in [5.74, 6) is 0.136. The third kappa shape index (κ3) is 3.44. The van der Waals surface area contributed by atoms with Crippen LogP contribution in [0.1, 0.15) is 54.4 Å². The van der Waals surface area contributed by atoms with Crippen LogP contribution in [0.25, 0.3) is 10.7 Å². The second-order valence-electron chi connectivity index (χ2n) is 6.03. The third-order valence-corrected chi connectivity index (χ3v) is 5.66. The minimum atomic E-state index is 0.136. The zero-order valence-corrected chi connectivity index (χ0v) is 14.6. The van der Waals surface area contributed by atoms with Crippen LogP contribution in [0.5, 0.6) is 0 Å². The Morgan fingerprint density at radius 3 is 2.74 bits per heavy atom. The topological polar surface area (TPSA) is 46.1 Å². The van der Waals surface area contributed by atoms with E-state index in [4.69, 9.17) is 0 Å². The maximum absolute atomic E-state index is 13.0. The summed E-state index contributed by atoms with van der Waals surface area (Å²) in [6.07, 6.45) is 7.78. The van der Waals surface area contributed by atoms with Gasteiger partial charge in [-0.25, -0.2) is 4.98 Å². The number of pyridine rings is 1. The fraction of sp³-hybridized carbons (Fsp3) is 0.500. The molecule has 0 aliphatic heterocycles. The number of aromatic nitrogens is 2. The molecule has 0 atom stereocenters. The van der Waals surface area contributed by atoms with Gasteiger partial charge >= 0.3 is 0 Å². The van der Waals surface area contributed by atoms with E-state index in [1.165, 1.54) is 30.6 Å². The van der Waals surface area contributed by atoms with Crippen LogP contribution in [-0.4, -0.2) is 33.4 Å². The summed E-state index contributed by atoms with van der Waals surface area (Å²) in [4.78, 5) is 24.7. The minimum absolute atomic E-state index is 0.136. The average molecular weight is 329 g/mol. The van der Waals surface area contributed by atoms with E-state index in [-0.39, 0.29) is 5.91 Å². The van der Waals surface area contributed by atoms with Crippen LogP contribution in [0.2, 0.25) is 0 Å². The van der Waals surface area contributed by atoms with Crippen molar-refractivity contribution in [2.45, 2.75) is 52.0 Å². The highest BCUT2D eigenvalue weighted by Gasteiger charge is 2.27. The second-order valence-corrected chi connectivity index (χ2v) is 7.03. The van der Waals surface area contributed by atoms with Crippen LogP contribution in [0, 0.1) is 6.92 Å².